The van der Waals surface area contributed by atoms with E-state index in [1.807, 2.05) is 13.8 Å². The molecule has 0 aliphatic carbocycles. The van der Waals surface area contributed by atoms with Crippen molar-refractivity contribution in [2.75, 3.05) is 6.61 Å². The van der Waals surface area contributed by atoms with E-state index in [9.17, 15) is 8.78 Å². The average Bonchev–Trinajstić information content (AvgIpc) is 2.15. The second-order valence-corrected chi connectivity index (χ2v) is 4.31. The van der Waals surface area contributed by atoms with Gasteiger partial charge in [-0.15, -0.1) is 12.4 Å². The molecule has 0 radical (unpaired) electrons. The summed E-state index contributed by atoms with van der Waals surface area (Å²) in [5, 5.41) is 3.30. The molecule has 5 heteroatoms. The van der Waals surface area contributed by atoms with Crippen LogP contribution in [-0.2, 0) is 4.74 Å². The van der Waals surface area contributed by atoms with Crippen molar-refractivity contribution < 1.29 is 13.5 Å². The lowest BCUT2D eigenvalue weighted by molar-refractivity contribution is -0.0209. The molecule has 3 atom stereocenters. The van der Waals surface area contributed by atoms with Crippen LogP contribution in [0.3, 0.4) is 0 Å². The fourth-order valence-electron chi connectivity index (χ4n) is 2.10. The summed E-state index contributed by atoms with van der Waals surface area (Å²) in [4.78, 5) is 0. The molecule has 1 aromatic carbocycles. The van der Waals surface area contributed by atoms with Crippen LogP contribution in [0.25, 0.3) is 0 Å². The van der Waals surface area contributed by atoms with Gasteiger partial charge in [-0.05, 0) is 31.5 Å². The molecule has 17 heavy (non-hydrogen) atoms. The van der Waals surface area contributed by atoms with E-state index in [2.05, 4.69) is 5.32 Å². The normalized spacial score (nSPS) is 28.6. The second-order valence-electron chi connectivity index (χ2n) is 4.31. The SMILES string of the molecule is CC1N[C@@H](C)COC1c1cc(F)cc(F)c1.Cl. The Balaban J connectivity index is 0.00000144. The van der Waals surface area contributed by atoms with Crippen molar-refractivity contribution in [2.24, 2.45) is 0 Å². The standard InChI is InChI=1S/C12H15F2NO.ClH/c1-7-6-16-12(8(2)15-7)9-3-10(13)5-11(14)4-9;/h3-5,7-8,12,15H,6H2,1-2H3;1H/t7-,8?,12?;/m0./s1. The van der Waals surface area contributed by atoms with Gasteiger partial charge < -0.3 is 10.1 Å². The van der Waals surface area contributed by atoms with Gasteiger partial charge in [0.1, 0.15) is 11.6 Å². The van der Waals surface area contributed by atoms with E-state index in [-0.39, 0.29) is 30.6 Å². The molecule has 1 aliphatic heterocycles. The van der Waals surface area contributed by atoms with Gasteiger partial charge in [-0.2, -0.15) is 0 Å². The Kier molecular flexibility index (Phi) is 4.86. The van der Waals surface area contributed by atoms with E-state index >= 15 is 0 Å². The van der Waals surface area contributed by atoms with Gasteiger partial charge in [0.05, 0.1) is 12.7 Å². The number of benzene rings is 1. The highest BCUT2D eigenvalue weighted by Crippen LogP contribution is 2.26. The van der Waals surface area contributed by atoms with E-state index in [1.54, 1.807) is 0 Å². The molecule has 1 fully saturated rings. The van der Waals surface area contributed by atoms with Gasteiger partial charge in [-0.1, -0.05) is 0 Å². The summed E-state index contributed by atoms with van der Waals surface area (Å²) in [5.41, 5.74) is 0.546. The van der Waals surface area contributed by atoms with Crippen LogP contribution in [0.1, 0.15) is 25.5 Å². The summed E-state index contributed by atoms with van der Waals surface area (Å²) in [5.74, 6) is -1.13. The van der Waals surface area contributed by atoms with Gasteiger partial charge in [0.15, 0.2) is 0 Å². The first-order valence-corrected chi connectivity index (χ1v) is 5.40. The first-order chi connectivity index (χ1) is 7.56. The number of morpholine rings is 1. The van der Waals surface area contributed by atoms with Crippen LogP contribution in [0.5, 0.6) is 0 Å². The maximum atomic E-state index is 13.1. The highest BCUT2D eigenvalue weighted by atomic mass is 35.5. The highest BCUT2D eigenvalue weighted by Gasteiger charge is 2.27. The topological polar surface area (TPSA) is 21.3 Å². The van der Waals surface area contributed by atoms with Crippen LogP contribution in [0, 0.1) is 11.6 Å². The molecule has 1 saturated heterocycles. The molecule has 1 aromatic rings. The fourth-order valence-corrected chi connectivity index (χ4v) is 2.10. The molecule has 0 amide bonds. The molecule has 96 valence electrons. The Morgan fingerprint density at radius 2 is 1.76 bits per heavy atom. The van der Waals surface area contributed by atoms with Crippen LogP contribution in [0.15, 0.2) is 18.2 Å². The van der Waals surface area contributed by atoms with E-state index in [0.717, 1.165) is 6.07 Å². The smallest absolute Gasteiger partial charge is 0.126 e. The quantitative estimate of drug-likeness (QED) is 0.841. The van der Waals surface area contributed by atoms with Crippen molar-refractivity contribution in [2.45, 2.75) is 32.0 Å². The summed E-state index contributed by atoms with van der Waals surface area (Å²) in [6.07, 6.45) is -0.290. The zero-order valence-corrected chi connectivity index (χ0v) is 10.6. The summed E-state index contributed by atoms with van der Waals surface area (Å²) in [6, 6.07) is 3.83. The molecule has 0 saturated carbocycles. The average molecular weight is 264 g/mol. The molecule has 2 unspecified atom stereocenters. The lowest BCUT2D eigenvalue weighted by Crippen LogP contribution is -2.47. The lowest BCUT2D eigenvalue weighted by atomic mass is 10.0. The maximum Gasteiger partial charge on any atom is 0.126 e. The Morgan fingerprint density at radius 1 is 1.18 bits per heavy atom. The van der Waals surface area contributed by atoms with Crippen molar-refractivity contribution >= 4 is 12.4 Å². The van der Waals surface area contributed by atoms with Crippen LogP contribution in [0.2, 0.25) is 0 Å². The van der Waals surface area contributed by atoms with E-state index < -0.39 is 11.6 Å². The molecule has 1 N–H and O–H groups in total. The van der Waals surface area contributed by atoms with Crippen LogP contribution >= 0.6 is 12.4 Å². The van der Waals surface area contributed by atoms with Crippen molar-refractivity contribution in [3.05, 3.63) is 35.4 Å². The maximum absolute atomic E-state index is 13.1. The molecule has 1 heterocycles. The number of hydrogen-bond acceptors (Lipinski definition) is 2. The number of ether oxygens (including phenoxy) is 1. The number of rotatable bonds is 1. The van der Waals surface area contributed by atoms with Gasteiger partial charge >= 0.3 is 0 Å². The zero-order valence-electron chi connectivity index (χ0n) is 9.74. The largest absolute Gasteiger partial charge is 0.370 e. The Labute approximate surface area is 106 Å². The third kappa shape index (κ3) is 3.37. The highest BCUT2D eigenvalue weighted by molar-refractivity contribution is 5.85. The molecule has 1 aliphatic rings. The molecular formula is C12H16ClF2NO. The predicted molar refractivity (Wildman–Crippen MR) is 64.4 cm³/mol. The van der Waals surface area contributed by atoms with Crippen LogP contribution in [-0.4, -0.2) is 18.7 Å². The summed E-state index contributed by atoms with van der Waals surface area (Å²) in [7, 11) is 0. The van der Waals surface area contributed by atoms with E-state index in [4.69, 9.17) is 4.74 Å². The summed E-state index contributed by atoms with van der Waals surface area (Å²) < 4.78 is 31.7. The van der Waals surface area contributed by atoms with Crippen molar-refractivity contribution in [3.63, 3.8) is 0 Å². The fraction of sp³-hybridized carbons (Fsp3) is 0.500. The van der Waals surface area contributed by atoms with Crippen molar-refractivity contribution in [3.8, 4) is 0 Å². The molecule has 2 rings (SSSR count). The number of nitrogens with one attached hydrogen (secondary N) is 1. The lowest BCUT2D eigenvalue weighted by Gasteiger charge is -2.34. The van der Waals surface area contributed by atoms with E-state index in [0.29, 0.717) is 12.2 Å². The second kappa shape index (κ2) is 5.76. The van der Waals surface area contributed by atoms with Gasteiger partial charge in [-0.25, -0.2) is 8.78 Å². The van der Waals surface area contributed by atoms with Crippen molar-refractivity contribution in [1.82, 2.24) is 5.32 Å². The number of hydrogen-bond donors (Lipinski definition) is 1. The summed E-state index contributed by atoms with van der Waals surface area (Å²) >= 11 is 0. The van der Waals surface area contributed by atoms with Gasteiger partial charge in [0, 0.05) is 18.2 Å². The van der Waals surface area contributed by atoms with Gasteiger partial charge in [-0.3, -0.25) is 0 Å². The molecule has 2 nitrogen and oxygen atoms in total. The number of halogens is 3. The Bertz CT molecular complexity index is 369. The predicted octanol–water partition coefficient (Wildman–Crippen LogP) is 2.82. The molecule has 0 bridgehead atoms. The first kappa shape index (κ1) is 14.4. The zero-order chi connectivity index (χ0) is 11.7. The monoisotopic (exact) mass is 263 g/mol. The van der Waals surface area contributed by atoms with Crippen LogP contribution < -0.4 is 5.32 Å². The Morgan fingerprint density at radius 3 is 2.29 bits per heavy atom. The minimum Gasteiger partial charge on any atom is -0.370 e. The Hall–Kier alpha value is -0.710. The minimum absolute atomic E-state index is 0. The molecular weight excluding hydrogens is 248 g/mol. The van der Waals surface area contributed by atoms with Gasteiger partial charge in [0.25, 0.3) is 0 Å². The molecule has 0 aromatic heterocycles. The third-order valence-electron chi connectivity index (χ3n) is 2.74. The summed E-state index contributed by atoms with van der Waals surface area (Å²) in [6.45, 7) is 4.51. The first-order valence-electron chi connectivity index (χ1n) is 5.40. The molecule has 0 spiro atoms. The van der Waals surface area contributed by atoms with Crippen molar-refractivity contribution in [1.29, 1.82) is 0 Å². The van der Waals surface area contributed by atoms with Gasteiger partial charge in [0.2, 0.25) is 0 Å². The van der Waals surface area contributed by atoms with E-state index in [1.165, 1.54) is 12.1 Å². The third-order valence-corrected chi connectivity index (χ3v) is 2.74. The minimum atomic E-state index is -0.565. The van der Waals surface area contributed by atoms with Crippen LogP contribution in [0.4, 0.5) is 8.78 Å².